The van der Waals surface area contributed by atoms with Crippen LogP contribution in [0.3, 0.4) is 0 Å². The Kier molecular flexibility index (Phi) is 4.24. The Morgan fingerprint density at radius 3 is 2.53 bits per heavy atom. The van der Waals surface area contributed by atoms with Gasteiger partial charge in [-0.15, -0.1) is 0 Å². The van der Waals surface area contributed by atoms with Crippen molar-refractivity contribution < 1.29 is 19.0 Å². The number of ether oxygens (including phenoxy) is 1. The molecule has 0 aliphatic heterocycles. The lowest BCUT2D eigenvalue weighted by Gasteiger charge is -2.08. The first kappa shape index (κ1) is 11.7. The van der Waals surface area contributed by atoms with E-state index in [0.29, 0.717) is 12.0 Å². The van der Waals surface area contributed by atoms with Crippen LogP contribution in [0.5, 0.6) is 0 Å². The van der Waals surface area contributed by atoms with E-state index in [1.54, 1.807) is 24.3 Å². The van der Waals surface area contributed by atoms with E-state index in [2.05, 4.69) is 4.74 Å². The zero-order valence-electron chi connectivity index (χ0n) is 8.44. The largest absolute Gasteiger partial charge is 0.467 e. The SMILES string of the molecule is COC(=O)C(O)c1ccc(CCF)cc1. The fourth-order valence-corrected chi connectivity index (χ4v) is 1.22. The molecule has 0 amide bonds. The first-order chi connectivity index (χ1) is 7.19. The highest BCUT2D eigenvalue weighted by Gasteiger charge is 2.17. The van der Waals surface area contributed by atoms with Crippen LogP contribution in [0.2, 0.25) is 0 Å². The van der Waals surface area contributed by atoms with Crippen molar-refractivity contribution in [2.45, 2.75) is 12.5 Å². The van der Waals surface area contributed by atoms with Crippen LogP contribution in [0.25, 0.3) is 0 Å². The Morgan fingerprint density at radius 1 is 1.47 bits per heavy atom. The van der Waals surface area contributed by atoms with Gasteiger partial charge in [0.05, 0.1) is 13.8 Å². The van der Waals surface area contributed by atoms with Gasteiger partial charge in [0.1, 0.15) is 0 Å². The number of aliphatic hydroxyl groups excluding tert-OH is 1. The molecule has 0 bridgehead atoms. The minimum atomic E-state index is -1.27. The number of hydrogen-bond donors (Lipinski definition) is 1. The highest BCUT2D eigenvalue weighted by Crippen LogP contribution is 2.15. The van der Waals surface area contributed by atoms with Crippen molar-refractivity contribution in [3.63, 3.8) is 0 Å². The van der Waals surface area contributed by atoms with Gasteiger partial charge < -0.3 is 9.84 Å². The zero-order valence-corrected chi connectivity index (χ0v) is 8.44. The van der Waals surface area contributed by atoms with E-state index in [0.717, 1.165) is 5.56 Å². The van der Waals surface area contributed by atoms with Gasteiger partial charge in [0.15, 0.2) is 6.10 Å². The van der Waals surface area contributed by atoms with Gasteiger partial charge in [-0.3, -0.25) is 4.39 Å². The molecule has 0 aliphatic rings. The van der Waals surface area contributed by atoms with Crippen LogP contribution in [-0.4, -0.2) is 24.9 Å². The summed E-state index contributed by atoms with van der Waals surface area (Å²) in [5, 5.41) is 9.46. The number of benzene rings is 1. The summed E-state index contributed by atoms with van der Waals surface area (Å²) in [5.41, 5.74) is 1.28. The van der Waals surface area contributed by atoms with Gasteiger partial charge >= 0.3 is 5.97 Å². The molecule has 0 aliphatic carbocycles. The molecule has 0 spiro atoms. The molecule has 0 saturated heterocycles. The van der Waals surface area contributed by atoms with E-state index in [4.69, 9.17) is 0 Å². The van der Waals surface area contributed by atoms with E-state index in [1.807, 2.05) is 0 Å². The highest BCUT2D eigenvalue weighted by atomic mass is 19.1. The van der Waals surface area contributed by atoms with Gasteiger partial charge in [-0.05, 0) is 11.1 Å². The quantitative estimate of drug-likeness (QED) is 0.767. The minimum Gasteiger partial charge on any atom is -0.467 e. The Labute approximate surface area is 87.5 Å². The molecule has 1 atom stereocenters. The van der Waals surface area contributed by atoms with E-state index in [9.17, 15) is 14.3 Å². The second-order valence-electron chi connectivity index (χ2n) is 3.11. The summed E-state index contributed by atoms with van der Waals surface area (Å²) < 4.78 is 16.4. The van der Waals surface area contributed by atoms with Crippen LogP contribution in [0.4, 0.5) is 4.39 Å². The van der Waals surface area contributed by atoms with Crippen LogP contribution < -0.4 is 0 Å². The lowest BCUT2D eigenvalue weighted by Crippen LogP contribution is -2.13. The second kappa shape index (κ2) is 5.46. The molecule has 1 N–H and O–H groups in total. The number of aryl methyl sites for hydroxylation is 1. The number of alkyl halides is 1. The fourth-order valence-electron chi connectivity index (χ4n) is 1.22. The average molecular weight is 212 g/mol. The van der Waals surface area contributed by atoms with E-state index in [1.165, 1.54) is 7.11 Å². The van der Waals surface area contributed by atoms with E-state index < -0.39 is 18.7 Å². The summed E-state index contributed by atoms with van der Waals surface area (Å²) in [6.07, 6.45) is -0.927. The van der Waals surface area contributed by atoms with Gasteiger partial charge in [0.25, 0.3) is 0 Å². The van der Waals surface area contributed by atoms with Crippen molar-refractivity contribution in [3.05, 3.63) is 35.4 Å². The first-order valence-corrected chi connectivity index (χ1v) is 4.59. The van der Waals surface area contributed by atoms with Gasteiger partial charge in [-0.2, -0.15) is 0 Å². The molecule has 4 heteroatoms. The molecule has 1 aromatic carbocycles. The molecule has 15 heavy (non-hydrogen) atoms. The lowest BCUT2D eigenvalue weighted by molar-refractivity contribution is -0.150. The standard InChI is InChI=1S/C11H13FO3/c1-15-11(14)10(13)9-4-2-8(3-5-9)6-7-12/h2-5,10,13H,6-7H2,1H3. The third-order valence-corrected chi connectivity index (χ3v) is 2.10. The van der Waals surface area contributed by atoms with Crippen LogP contribution in [0, 0.1) is 0 Å². The van der Waals surface area contributed by atoms with Crippen molar-refractivity contribution >= 4 is 5.97 Å². The Balaban J connectivity index is 2.75. The number of hydrogen-bond acceptors (Lipinski definition) is 3. The highest BCUT2D eigenvalue weighted by molar-refractivity contribution is 5.76. The maximum absolute atomic E-state index is 12.0. The molecule has 0 heterocycles. The molecule has 0 fully saturated rings. The van der Waals surface area contributed by atoms with Crippen molar-refractivity contribution in [1.82, 2.24) is 0 Å². The Hall–Kier alpha value is -1.42. The number of carbonyl (C=O) groups excluding carboxylic acids is 1. The molecular weight excluding hydrogens is 199 g/mol. The molecule has 1 unspecified atom stereocenters. The van der Waals surface area contributed by atoms with E-state index >= 15 is 0 Å². The summed E-state index contributed by atoms with van der Waals surface area (Å²) >= 11 is 0. The number of rotatable bonds is 4. The fraction of sp³-hybridized carbons (Fsp3) is 0.364. The van der Waals surface area contributed by atoms with Crippen molar-refractivity contribution in [2.75, 3.05) is 13.8 Å². The van der Waals surface area contributed by atoms with Gasteiger partial charge in [-0.1, -0.05) is 24.3 Å². The minimum absolute atomic E-state index is 0.342. The third kappa shape index (κ3) is 3.02. The summed E-state index contributed by atoms with van der Waals surface area (Å²) in [7, 11) is 1.21. The van der Waals surface area contributed by atoms with Crippen molar-refractivity contribution in [2.24, 2.45) is 0 Å². The molecule has 0 radical (unpaired) electrons. The van der Waals surface area contributed by atoms with Crippen LogP contribution in [-0.2, 0) is 16.0 Å². The number of halogens is 1. The Bertz CT molecular complexity index is 321. The third-order valence-electron chi connectivity index (χ3n) is 2.10. The summed E-state index contributed by atoms with van der Waals surface area (Å²) in [6, 6.07) is 6.54. The Morgan fingerprint density at radius 2 is 2.07 bits per heavy atom. The molecule has 0 saturated carbocycles. The van der Waals surface area contributed by atoms with Crippen LogP contribution in [0.1, 0.15) is 17.2 Å². The van der Waals surface area contributed by atoms with Crippen molar-refractivity contribution in [1.29, 1.82) is 0 Å². The predicted molar refractivity (Wildman–Crippen MR) is 53.1 cm³/mol. The smallest absolute Gasteiger partial charge is 0.339 e. The summed E-state index contributed by atoms with van der Waals surface area (Å²) in [5.74, 6) is -0.701. The van der Waals surface area contributed by atoms with E-state index in [-0.39, 0.29) is 0 Å². The van der Waals surface area contributed by atoms with Gasteiger partial charge in [0, 0.05) is 6.42 Å². The second-order valence-corrected chi connectivity index (χ2v) is 3.11. The molecular formula is C11H13FO3. The summed E-state index contributed by atoms with van der Waals surface area (Å²) in [4.78, 5) is 11.0. The molecule has 1 rings (SSSR count). The maximum atomic E-state index is 12.0. The van der Waals surface area contributed by atoms with Gasteiger partial charge in [0.2, 0.25) is 0 Å². The zero-order chi connectivity index (χ0) is 11.3. The summed E-state index contributed by atoms with van der Waals surface area (Å²) in [6.45, 7) is -0.418. The average Bonchev–Trinajstić information content (AvgIpc) is 2.28. The number of carbonyl (C=O) groups is 1. The molecule has 1 aromatic rings. The van der Waals surface area contributed by atoms with Crippen molar-refractivity contribution in [3.8, 4) is 0 Å². The van der Waals surface area contributed by atoms with Crippen LogP contribution in [0.15, 0.2) is 24.3 Å². The number of esters is 1. The normalized spacial score (nSPS) is 12.2. The number of methoxy groups -OCH3 is 1. The monoisotopic (exact) mass is 212 g/mol. The molecule has 82 valence electrons. The molecule has 3 nitrogen and oxygen atoms in total. The number of aliphatic hydroxyl groups is 1. The van der Waals surface area contributed by atoms with Gasteiger partial charge in [-0.25, -0.2) is 4.79 Å². The maximum Gasteiger partial charge on any atom is 0.339 e. The first-order valence-electron chi connectivity index (χ1n) is 4.59. The molecule has 0 aromatic heterocycles. The van der Waals surface area contributed by atoms with Crippen LogP contribution >= 0.6 is 0 Å². The lowest BCUT2D eigenvalue weighted by atomic mass is 10.1. The topological polar surface area (TPSA) is 46.5 Å². The predicted octanol–water partition coefficient (Wildman–Crippen LogP) is 1.40.